The Balaban J connectivity index is 1.74. The fourth-order valence-corrected chi connectivity index (χ4v) is 4.58. The molecule has 34 heavy (non-hydrogen) atoms. The average Bonchev–Trinajstić information content (AvgIpc) is 3.35. The first-order valence-electron chi connectivity index (χ1n) is 11.9. The van der Waals surface area contributed by atoms with Crippen LogP contribution in [-0.2, 0) is 6.42 Å². The predicted octanol–water partition coefficient (Wildman–Crippen LogP) is 6.16. The average molecular weight is 477 g/mol. The normalized spacial score (nSPS) is 16.1. The van der Waals surface area contributed by atoms with Crippen molar-refractivity contribution in [2.45, 2.75) is 52.5 Å². The molecule has 1 atom stereocenters. The standard InChI is InChI=1S/C27H32N4O2S/c1-5-7-8-17-31-18(3)23(24(28-27(31)34)20-13-15-22(32-4)16-14-20)26-29-25(30-33-26)21-11-9-19(6-2)10-12-21/h9-16,24H,5-8,17H2,1-4H3,(H,28,34). The molecule has 4 rings (SSSR count). The quantitative estimate of drug-likeness (QED) is 0.293. The highest BCUT2D eigenvalue weighted by Gasteiger charge is 2.33. The van der Waals surface area contributed by atoms with Gasteiger partial charge in [0.05, 0.1) is 18.7 Å². The molecular formula is C27H32N4O2S. The van der Waals surface area contributed by atoms with E-state index in [0.717, 1.165) is 60.4 Å². The Labute approximate surface area is 207 Å². The maximum atomic E-state index is 5.84. The second-order valence-electron chi connectivity index (χ2n) is 8.49. The molecule has 7 heteroatoms. The van der Waals surface area contributed by atoms with Crippen LogP contribution < -0.4 is 10.1 Å². The topological polar surface area (TPSA) is 63.4 Å². The molecule has 3 aromatic rings. The first-order valence-corrected chi connectivity index (χ1v) is 12.3. The van der Waals surface area contributed by atoms with Crippen molar-refractivity contribution < 1.29 is 9.26 Å². The van der Waals surface area contributed by atoms with Crippen molar-refractivity contribution in [3.63, 3.8) is 0 Å². The second-order valence-corrected chi connectivity index (χ2v) is 8.87. The number of nitrogens with one attached hydrogen (secondary N) is 1. The summed E-state index contributed by atoms with van der Waals surface area (Å²) in [6, 6.07) is 16.1. The van der Waals surface area contributed by atoms with Crippen LogP contribution in [0, 0.1) is 0 Å². The number of methoxy groups -OCH3 is 1. The molecule has 0 saturated carbocycles. The monoisotopic (exact) mass is 476 g/mol. The van der Waals surface area contributed by atoms with Gasteiger partial charge in [-0.2, -0.15) is 4.98 Å². The molecule has 1 aromatic heterocycles. The summed E-state index contributed by atoms with van der Waals surface area (Å²) in [7, 11) is 1.67. The lowest BCUT2D eigenvalue weighted by Crippen LogP contribution is -2.46. The Bertz CT molecular complexity index is 1150. The Hall–Kier alpha value is -3.19. The minimum Gasteiger partial charge on any atom is -0.497 e. The van der Waals surface area contributed by atoms with Crippen LogP contribution in [0.25, 0.3) is 17.0 Å². The van der Waals surface area contributed by atoms with Crippen molar-refractivity contribution >= 4 is 22.9 Å². The molecule has 178 valence electrons. The van der Waals surface area contributed by atoms with Gasteiger partial charge in [0, 0.05) is 17.8 Å². The number of rotatable bonds is 9. The number of ether oxygens (including phenoxy) is 1. The first-order chi connectivity index (χ1) is 16.5. The molecule has 6 nitrogen and oxygen atoms in total. The van der Waals surface area contributed by atoms with Gasteiger partial charge in [-0.1, -0.05) is 68.2 Å². The molecule has 0 spiro atoms. The van der Waals surface area contributed by atoms with Crippen LogP contribution in [0.5, 0.6) is 5.75 Å². The van der Waals surface area contributed by atoms with E-state index in [1.54, 1.807) is 7.11 Å². The molecule has 1 unspecified atom stereocenters. The van der Waals surface area contributed by atoms with Crippen molar-refractivity contribution in [1.82, 2.24) is 20.4 Å². The fourth-order valence-electron chi connectivity index (χ4n) is 4.23. The highest BCUT2D eigenvalue weighted by atomic mass is 32.1. The lowest BCUT2D eigenvalue weighted by atomic mass is 9.94. The van der Waals surface area contributed by atoms with Crippen LogP contribution in [0.15, 0.2) is 58.8 Å². The van der Waals surface area contributed by atoms with Gasteiger partial charge in [-0.3, -0.25) is 0 Å². The van der Waals surface area contributed by atoms with Crippen LogP contribution in [-0.4, -0.2) is 33.8 Å². The molecule has 0 bridgehead atoms. The molecule has 0 radical (unpaired) electrons. The number of aryl methyl sites for hydroxylation is 1. The third kappa shape index (κ3) is 4.99. The Morgan fingerprint density at radius 2 is 1.79 bits per heavy atom. The van der Waals surface area contributed by atoms with Gasteiger partial charge in [-0.25, -0.2) is 0 Å². The zero-order valence-corrected chi connectivity index (χ0v) is 21.1. The minimum absolute atomic E-state index is 0.198. The first kappa shape index (κ1) is 24.0. The summed E-state index contributed by atoms with van der Waals surface area (Å²) in [5.41, 5.74) is 5.25. The van der Waals surface area contributed by atoms with E-state index in [0.29, 0.717) is 16.8 Å². The van der Waals surface area contributed by atoms with Gasteiger partial charge >= 0.3 is 0 Å². The van der Waals surface area contributed by atoms with Gasteiger partial charge in [0.25, 0.3) is 5.89 Å². The van der Waals surface area contributed by atoms with E-state index in [9.17, 15) is 0 Å². The Morgan fingerprint density at radius 3 is 2.44 bits per heavy atom. The van der Waals surface area contributed by atoms with E-state index in [2.05, 4.69) is 48.3 Å². The summed E-state index contributed by atoms with van der Waals surface area (Å²) in [4.78, 5) is 6.96. The lowest BCUT2D eigenvalue weighted by molar-refractivity contribution is 0.395. The number of hydrogen-bond acceptors (Lipinski definition) is 5. The highest BCUT2D eigenvalue weighted by molar-refractivity contribution is 7.80. The van der Waals surface area contributed by atoms with Gasteiger partial charge in [-0.05, 0) is 55.2 Å². The van der Waals surface area contributed by atoms with E-state index in [-0.39, 0.29) is 6.04 Å². The number of allylic oxidation sites excluding steroid dienone is 1. The summed E-state index contributed by atoms with van der Waals surface area (Å²) >= 11 is 5.78. The largest absolute Gasteiger partial charge is 0.497 e. The smallest absolute Gasteiger partial charge is 0.258 e. The van der Waals surface area contributed by atoms with E-state index >= 15 is 0 Å². The Morgan fingerprint density at radius 1 is 1.06 bits per heavy atom. The van der Waals surface area contributed by atoms with Gasteiger partial charge in [0.2, 0.25) is 5.82 Å². The zero-order chi connectivity index (χ0) is 24.1. The second kappa shape index (κ2) is 10.8. The van der Waals surface area contributed by atoms with E-state index < -0.39 is 0 Å². The van der Waals surface area contributed by atoms with E-state index in [1.807, 2.05) is 36.4 Å². The maximum absolute atomic E-state index is 5.84. The summed E-state index contributed by atoms with van der Waals surface area (Å²) in [5.74, 6) is 1.89. The summed E-state index contributed by atoms with van der Waals surface area (Å²) in [5, 5.41) is 8.54. The van der Waals surface area contributed by atoms with Crippen LogP contribution in [0.4, 0.5) is 0 Å². The summed E-state index contributed by atoms with van der Waals surface area (Å²) < 4.78 is 11.2. The lowest BCUT2D eigenvalue weighted by Gasteiger charge is -2.37. The van der Waals surface area contributed by atoms with Crippen molar-refractivity contribution in [1.29, 1.82) is 0 Å². The number of aromatic nitrogens is 2. The molecule has 1 aliphatic heterocycles. The number of thiocarbonyl (C=S) groups is 1. The number of nitrogens with zero attached hydrogens (tertiary/aromatic N) is 3. The van der Waals surface area contributed by atoms with Gasteiger partial charge in [-0.15, -0.1) is 0 Å². The molecule has 1 N–H and O–H groups in total. The molecule has 1 aliphatic rings. The van der Waals surface area contributed by atoms with Crippen LogP contribution >= 0.6 is 12.2 Å². The molecule has 2 aromatic carbocycles. The number of unbranched alkanes of at least 4 members (excludes halogenated alkanes) is 2. The van der Waals surface area contributed by atoms with Gasteiger partial charge in [0.1, 0.15) is 5.75 Å². The van der Waals surface area contributed by atoms with Crippen molar-refractivity contribution in [2.24, 2.45) is 0 Å². The molecule has 0 saturated heterocycles. The molecular weight excluding hydrogens is 444 g/mol. The van der Waals surface area contributed by atoms with Gasteiger partial charge < -0.3 is 19.5 Å². The van der Waals surface area contributed by atoms with Gasteiger partial charge in [0.15, 0.2) is 5.11 Å². The molecule has 0 amide bonds. The highest BCUT2D eigenvalue weighted by Crippen LogP contribution is 2.38. The number of hydrogen-bond donors (Lipinski definition) is 1. The van der Waals surface area contributed by atoms with Crippen LogP contribution in [0.3, 0.4) is 0 Å². The zero-order valence-electron chi connectivity index (χ0n) is 20.3. The molecule has 0 aliphatic carbocycles. The van der Waals surface area contributed by atoms with E-state index in [1.165, 1.54) is 5.56 Å². The fraction of sp³-hybridized carbons (Fsp3) is 0.370. The maximum Gasteiger partial charge on any atom is 0.258 e. The third-order valence-corrected chi connectivity index (χ3v) is 6.65. The van der Waals surface area contributed by atoms with Crippen LogP contribution in [0.2, 0.25) is 0 Å². The summed E-state index contributed by atoms with van der Waals surface area (Å²) in [6.45, 7) is 7.28. The predicted molar refractivity (Wildman–Crippen MR) is 139 cm³/mol. The van der Waals surface area contributed by atoms with Crippen molar-refractivity contribution in [3.05, 3.63) is 71.2 Å². The van der Waals surface area contributed by atoms with Crippen molar-refractivity contribution in [3.8, 4) is 17.1 Å². The molecule has 0 fully saturated rings. The number of benzene rings is 2. The Kier molecular flexibility index (Phi) is 7.63. The van der Waals surface area contributed by atoms with Crippen LogP contribution in [0.1, 0.15) is 63.1 Å². The molecule has 2 heterocycles. The SMILES string of the molecule is CCCCCN1C(=S)NC(c2ccc(OC)cc2)C(c2nc(-c3ccc(CC)cc3)no2)=C1C. The third-order valence-electron chi connectivity index (χ3n) is 6.31. The van der Waals surface area contributed by atoms with E-state index in [4.69, 9.17) is 26.5 Å². The van der Waals surface area contributed by atoms with Crippen molar-refractivity contribution in [2.75, 3.05) is 13.7 Å². The summed E-state index contributed by atoms with van der Waals surface area (Å²) in [6.07, 6.45) is 4.37. The minimum atomic E-state index is -0.198.